The van der Waals surface area contributed by atoms with Gasteiger partial charge in [-0.1, -0.05) is 0 Å². The van der Waals surface area contributed by atoms with Crippen molar-refractivity contribution in [1.29, 1.82) is 0 Å². The lowest BCUT2D eigenvalue weighted by Gasteiger charge is -2.04. The van der Waals surface area contributed by atoms with Gasteiger partial charge in [0.25, 0.3) is 0 Å². The average Bonchev–Trinajstić information content (AvgIpc) is 2.33. The summed E-state index contributed by atoms with van der Waals surface area (Å²) in [6.07, 6.45) is 1.27. The Hall–Kier alpha value is -1.63. The van der Waals surface area contributed by atoms with Gasteiger partial charge in [0.15, 0.2) is 0 Å². The molecule has 0 bridgehead atoms. The highest BCUT2D eigenvalue weighted by molar-refractivity contribution is 14.1. The molecule has 4 nitrogen and oxygen atoms in total. The molecule has 0 fully saturated rings. The highest BCUT2D eigenvalue weighted by atomic mass is 127. The van der Waals surface area contributed by atoms with Gasteiger partial charge in [0, 0.05) is 15.8 Å². The SMILES string of the molecule is O=C(O)c1ccc(Oc2ccc(I)cc2)nc1. The number of hydrogen-bond acceptors (Lipinski definition) is 3. The van der Waals surface area contributed by atoms with Gasteiger partial charge in [-0.15, -0.1) is 0 Å². The van der Waals surface area contributed by atoms with Crippen molar-refractivity contribution in [3.8, 4) is 11.6 Å². The maximum absolute atomic E-state index is 10.6. The van der Waals surface area contributed by atoms with Crippen LogP contribution in [0.2, 0.25) is 0 Å². The van der Waals surface area contributed by atoms with Crippen molar-refractivity contribution in [1.82, 2.24) is 4.98 Å². The Morgan fingerprint density at radius 1 is 1.18 bits per heavy atom. The number of aromatic nitrogens is 1. The molecule has 86 valence electrons. The normalized spacial score (nSPS) is 9.94. The summed E-state index contributed by atoms with van der Waals surface area (Å²) in [5.74, 6) is 0.0375. The van der Waals surface area contributed by atoms with Gasteiger partial charge in [0.05, 0.1) is 5.56 Å². The number of nitrogens with zero attached hydrogens (tertiary/aromatic N) is 1. The number of benzene rings is 1. The van der Waals surface area contributed by atoms with Gasteiger partial charge in [-0.05, 0) is 52.9 Å². The second-order valence-electron chi connectivity index (χ2n) is 3.25. The van der Waals surface area contributed by atoms with Crippen LogP contribution in [0.25, 0.3) is 0 Å². The molecule has 0 aliphatic heterocycles. The zero-order chi connectivity index (χ0) is 12.3. The molecular weight excluding hydrogens is 333 g/mol. The Kier molecular flexibility index (Phi) is 3.58. The fourth-order valence-electron chi connectivity index (χ4n) is 1.19. The minimum Gasteiger partial charge on any atom is -0.478 e. The Balaban J connectivity index is 2.13. The standard InChI is InChI=1S/C12H8INO3/c13-9-2-4-10(5-3-9)17-11-6-1-8(7-14-11)12(15)16/h1-7H,(H,15,16). The largest absolute Gasteiger partial charge is 0.478 e. The number of hydrogen-bond donors (Lipinski definition) is 1. The average molecular weight is 341 g/mol. The molecule has 0 aliphatic rings. The first kappa shape index (κ1) is 11.8. The van der Waals surface area contributed by atoms with Crippen LogP contribution in [0, 0.1) is 3.57 Å². The predicted octanol–water partition coefficient (Wildman–Crippen LogP) is 3.18. The second-order valence-corrected chi connectivity index (χ2v) is 4.49. The topological polar surface area (TPSA) is 59.4 Å². The van der Waals surface area contributed by atoms with E-state index >= 15 is 0 Å². The van der Waals surface area contributed by atoms with Crippen molar-refractivity contribution in [3.05, 3.63) is 51.7 Å². The number of aromatic carboxylic acids is 1. The lowest BCUT2D eigenvalue weighted by molar-refractivity contribution is 0.0696. The van der Waals surface area contributed by atoms with E-state index in [0.29, 0.717) is 11.6 Å². The van der Waals surface area contributed by atoms with E-state index in [1.165, 1.54) is 18.3 Å². The van der Waals surface area contributed by atoms with Gasteiger partial charge in [0.2, 0.25) is 5.88 Å². The van der Waals surface area contributed by atoms with Crippen molar-refractivity contribution in [3.63, 3.8) is 0 Å². The van der Waals surface area contributed by atoms with Gasteiger partial charge in [-0.2, -0.15) is 0 Å². The monoisotopic (exact) mass is 341 g/mol. The Morgan fingerprint density at radius 2 is 1.88 bits per heavy atom. The number of pyridine rings is 1. The quantitative estimate of drug-likeness (QED) is 0.872. The van der Waals surface area contributed by atoms with Crippen molar-refractivity contribution in [2.24, 2.45) is 0 Å². The van der Waals surface area contributed by atoms with E-state index in [9.17, 15) is 4.79 Å². The Labute approximate surface area is 111 Å². The molecular formula is C12H8INO3. The lowest BCUT2D eigenvalue weighted by atomic mass is 10.3. The van der Waals surface area contributed by atoms with E-state index in [2.05, 4.69) is 27.6 Å². The highest BCUT2D eigenvalue weighted by Gasteiger charge is 2.04. The minimum absolute atomic E-state index is 0.139. The molecule has 0 amide bonds. The number of ether oxygens (including phenoxy) is 1. The predicted molar refractivity (Wildman–Crippen MR) is 70.4 cm³/mol. The molecule has 0 saturated heterocycles. The number of rotatable bonds is 3. The van der Waals surface area contributed by atoms with Crippen LogP contribution in [0.4, 0.5) is 0 Å². The third kappa shape index (κ3) is 3.16. The van der Waals surface area contributed by atoms with Crippen LogP contribution in [0.15, 0.2) is 42.6 Å². The van der Waals surface area contributed by atoms with Crippen LogP contribution >= 0.6 is 22.6 Å². The van der Waals surface area contributed by atoms with Crippen LogP contribution in [-0.2, 0) is 0 Å². The molecule has 1 aromatic carbocycles. The van der Waals surface area contributed by atoms with Crippen LogP contribution in [0.5, 0.6) is 11.6 Å². The van der Waals surface area contributed by atoms with E-state index in [1.807, 2.05) is 24.3 Å². The molecule has 2 aromatic rings. The molecule has 0 radical (unpaired) electrons. The molecule has 1 N–H and O–H groups in total. The minimum atomic E-state index is -1.00. The smallest absolute Gasteiger partial charge is 0.337 e. The van der Waals surface area contributed by atoms with Crippen molar-refractivity contribution < 1.29 is 14.6 Å². The van der Waals surface area contributed by atoms with Crippen LogP contribution in [0.3, 0.4) is 0 Å². The molecule has 0 unspecified atom stereocenters. The summed E-state index contributed by atoms with van der Waals surface area (Å²) in [7, 11) is 0. The van der Waals surface area contributed by atoms with Gasteiger partial charge in [0.1, 0.15) is 5.75 Å². The molecule has 0 atom stereocenters. The number of carboxylic acids is 1. The molecule has 0 spiro atoms. The summed E-state index contributed by atoms with van der Waals surface area (Å²) < 4.78 is 6.58. The van der Waals surface area contributed by atoms with Crippen LogP contribution in [0.1, 0.15) is 10.4 Å². The first-order valence-corrected chi connectivity index (χ1v) is 5.86. The van der Waals surface area contributed by atoms with E-state index < -0.39 is 5.97 Å². The maximum atomic E-state index is 10.6. The van der Waals surface area contributed by atoms with Crippen molar-refractivity contribution in [2.45, 2.75) is 0 Å². The summed E-state index contributed by atoms with van der Waals surface area (Å²) in [6.45, 7) is 0. The van der Waals surface area contributed by atoms with E-state index in [-0.39, 0.29) is 5.56 Å². The molecule has 17 heavy (non-hydrogen) atoms. The van der Waals surface area contributed by atoms with Gasteiger partial charge >= 0.3 is 5.97 Å². The van der Waals surface area contributed by atoms with Crippen molar-refractivity contribution >= 4 is 28.6 Å². The van der Waals surface area contributed by atoms with Crippen molar-refractivity contribution in [2.75, 3.05) is 0 Å². The summed E-state index contributed by atoms with van der Waals surface area (Å²) >= 11 is 2.20. The summed E-state index contributed by atoms with van der Waals surface area (Å²) in [6, 6.07) is 10.5. The molecule has 2 rings (SSSR count). The Morgan fingerprint density at radius 3 is 2.41 bits per heavy atom. The fourth-order valence-corrected chi connectivity index (χ4v) is 1.55. The molecule has 0 saturated carbocycles. The molecule has 0 aliphatic carbocycles. The zero-order valence-corrected chi connectivity index (χ0v) is 10.8. The van der Waals surface area contributed by atoms with Gasteiger partial charge < -0.3 is 9.84 Å². The third-order valence-electron chi connectivity index (χ3n) is 2.02. The highest BCUT2D eigenvalue weighted by Crippen LogP contribution is 2.20. The van der Waals surface area contributed by atoms with E-state index in [0.717, 1.165) is 3.57 Å². The maximum Gasteiger partial charge on any atom is 0.337 e. The fraction of sp³-hybridized carbons (Fsp3) is 0. The summed E-state index contributed by atoms with van der Waals surface area (Å²) in [5, 5.41) is 8.71. The first-order valence-electron chi connectivity index (χ1n) is 4.78. The summed E-state index contributed by atoms with van der Waals surface area (Å²) in [4.78, 5) is 14.5. The van der Waals surface area contributed by atoms with Gasteiger partial charge in [-0.25, -0.2) is 9.78 Å². The second kappa shape index (κ2) is 5.13. The molecule has 5 heteroatoms. The zero-order valence-electron chi connectivity index (χ0n) is 8.63. The van der Waals surface area contributed by atoms with E-state index in [1.54, 1.807) is 0 Å². The van der Waals surface area contributed by atoms with Crippen LogP contribution in [-0.4, -0.2) is 16.1 Å². The third-order valence-corrected chi connectivity index (χ3v) is 2.74. The molecule has 1 aromatic heterocycles. The number of carbonyl (C=O) groups is 1. The Bertz CT molecular complexity index is 522. The van der Waals surface area contributed by atoms with Crippen LogP contribution < -0.4 is 4.74 Å². The number of carboxylic acid groups (broad SMARTS) is 1. The summed E-state index contributed by atoms with van der Waals surface area (Å²) in [5.41, 5.74) is 0.139. The molecule has 1 heterocycles. The lowest BCUT2D eigenvalue weighted by Crippen LogP contribution is -1.97. The number of halogens is 1. The van der Waals surface area contributed by atoms with Gasteiger partial charge in [-0.3, -0.25) is 0 Å². The van der Waals surface area contributed by atoms with E-state index in [4.69, 9.17) is 9.84 Å². The first-order chi connectivity index (χ1) is 8.15.